The predicted molar refractivity (Wildman–Crippen MR) is 193 cm³/mol. The zero-order valence-corrected chi connectivity index (χ0v) is 28.8. The van der Waals surface area contributed by atoms with Crippen LogP contribution in [-0.4, -0.2) is 27.0 Å². The molecule has 0 spiro atoms. The lowest BCUT2D eigenvalue weighted by molar-refractivity contribution is 0.280. The van der Waals surface area contributed by atoms with Gasteiger partial charge >= 0.3 is 0 Å². The second kappa shape index (κ2) is 17.3. The Balaban J connectivity index is 1.49. The molecule has 0 aliphatic heterocycles. The Hall–Kier alpha value is -3.74. The lowest BCUT2D eigenvalue weighted by Crippen LogP contribution is -2.18. The van der Waals surface area contributed by atoms with Gasteiger partial charge in [0.15, 0.2) is 0 Å². The number of anilines is 2. The van der Waals surface area contributed by atoms with Crippen LogP contribution in [0.5, 0.6) is 0 Å². The van der Waals surface area contributed by atoms with Gasteiger partial charge in [-0.25, -0.2) is 9.97 Å². The summed E-state index contributed by atoms with van der Waals surface area (Å²) in [5.74, 6) is 1.32. The van der Waals surface area contributed by atoms with Gasteiger partial charge in [-0.1, -0.05) is 94.1 Å². The van der Waals surface area contributed by atoms with E-state index in [2.05, 4.69) is 92.3 Å². The van der Waals surface area contributed by atoms with E-state index in [1.54, 1.807) is 0 Å². The largest absolute Gasteiger partial charge is 0.392 e. The van der Waals surface area contributed by atoms with Crippen molar-refractivity contribution in [3.8, 4) is 0 Å². The Bertz CT molecular complexity index is 1580. The number of aryl methyl sites for hydroxylation is 4. The number of hydrogen-bond acceptors (Lipinski definition) is 6. The van der Waals surface area contributed by atoms with Crippen LogP contribution in [0.25, 0.3) is 0 Å². The molecule has 0 saturated carbocycles. The molecule has 0 unspecified atom stereocenters. The SMILES string of the molecule is CCCCCc1cc(Cc2cc(CN(C)Cc3ccccc3Cc3cc(CCCCC)c(N)nc3C)ccc2CO)c(C)nc1N. The van der Waals surface area contributed by atoms with Crippen molar-refractivity contribution >= 4 is 11.6 Å². The van der Waals surface area contributed by atoms with Gasteiger partial charge in [-0.3, -0.25) is 4.90 Å². The van der Waals surface area contributed by atoms with Crippen LogP contribution in [0.2, 0.25) is 0 Å². The maximum absolute atomic E-state index is 10.2. The molecule has 0 saturated heterocycles. The molecule has 0 bridgehead atoms. The number of pyridine rings is 2. The molecule has 0 aliphatic rings. The molecule has 246 valence electrons. The predicted octanol–water partition coefficient (Wildman–Crippen LogP) is 8.03. The minimum atomic E-state index is 0.0172. The minimum Gasteiger partial charge on any atom is -0.392 e. The van der Waals surface area contributed by atoms with E-state index in [9.17, 15) is 5.11 Å². The van der Waals surface area contributed by atoms with E-state index >= 15 is 0 Å². The molecule has 0 amide bonds. The molecule has 4 rings (SSSR count). The van der Waals surface area contributed by atoms with Gasteiger partial charge in [0.2, 0.25) is 0 Å². The molecular formula is C40H55N5O. The Labute approximate surface area is 277 Å². The van der Waals surface area contributed by atoms with Gasteiger partial charge in [0.25, 0.3) is 0 Å². The maximum Gasteiger partial charge on any atom is 0.126 e. The van der Waals surface area contributed by atoms with Crippen LogP contribution in [0.1, 0.15) is 114 Å². The van der Waals surface area contributed by atoms with Gasteiger partial charge in [-0.15, -0.1) is 0 Å². The minimum absolute atomic E-state index is 0.0172. The highest BCUT2D eigenvalue weighted by Crippen LogP contribution is 2.25. The number of aliphatic hydroxyl groups excluding tert-OH is 1. The van der Waals surface area contributed by atoms with E-state index in [0.717, 1.165) is 79.7 Å². The molecular weight excluding hydrogens is 566 g/mol. The van der Waals surface area contributed by atoms with E-state index in [-0.39, 0.29) is 6.61 Å². The number of nitrogens with two attached hydrogens (primary N) is 2. The fraction of sp³-hybridized carbons (Fsp3) is 0.450. The van der Waals surface area contributed by atoms with Crippen molar-refractivity contribution in [2.75, 3.05) is 18.5 Å². The van der Waals surface area contributed by atoms with Gasteiger partial charge < -0.3 is 16.6 Å². The molecule has 5 N–H and O–H groups in total. The van der Waals surface area contributed by atoms with Crippen LogP contribution < -0.4 is 11.5 Å². The van der Waals surface area contributed by atoms with E-state index in [1.807, 2.05) is 6.92 Å². The summed E-state index contributed by atoms with van der Waals surface area (Å²) in [5.41, 5.74) is 25.3. The Morgan fingerprint density at radius 1 is 0.609 bits per heavy atom. The Morgan fingerprint density at radius 2 is 1.15 bits per heavy atom. The van der Waals surface area contributed by atoms with Crippen LogP contribution in [0.3, 0.4) is 0 Å². The van der Waals surface area contributed by atoms with E-state index in [0.29, 0.717) is 11.6 Å². The van der Waals surface area contributed by atoms with Gasteiger partial charge in [0.1, 0.15) is 11.6 Å². The van der Waals surface area contributed by atoms with Crippen molar-refractivity contribution in [1.82, 2.24) is 14.9 Å². The average Bonchev–Trinajstić information content (AvgIpc) is 3.02. The molecule has 6 heteroatoms. The molecule has 46 heavy (non-hydrogen) atoms. The second-order valence-electron chi connectivity index (χ2n) is 13.0. The standard InChI is InChI=1S/C40H55N5O/c1-6-8-10-15-32-22-36(28(3)43-39(32)41)21-31-14-12-13-17-34(31)26-45(5)25-30-18-19-35(27-46)38(20-30)24-37-23-33(16-11-9-7-2)40(42)44-29(37)4/h12-14,17-20,22-23,46H,6-11,15-16,21,24-27H2,1-5H3,(H2,41,43)(H2,42,44). The molecule has 6 nitrogen and oxygen atoms in total. The first-order valence-corrected chi connectivity index (χ1v) is 17.2. The van der Waals surface area contributed by atoms with Crippen molar-refractivity contribution in [3.05, 3.63) is 116 Å². The zero-order chi connectivity index (χ0) is 33.1. The van der Waals surface area contributed by atoms with Crippen LogP contribution >= 0.6 is 0 Å². The third-order valence-electron chi connectivity index (χ3n) is 9.17. The first-order chi connectivity index (χ1) is 22.2. The molecule has 2 aromatic carbocycles. The van der Waals surface area contributed by atoms with Crippen molar-refractivity contribution in [2.24, 2.45) is 0 Å². The highest BCUT2D eigenvalue weighted by atomic mass is 16.3. The summed E-state index contributed by atoms with van der Waals surface area (Å²) in [6, 6.07) is 19.7. The number of unbranched alkanes of at least 4 members (excludes halogenated alkanes) is 4. The number of hydrogen-bond donors (Lipinski definition) is 3. The highest BCUT2D eigenvalue weighted by molar-refractivity contribution is 5.47. The zero-order valence-electron chi connectivity index (χ0n) is 28.8. The smallest absolute Gasteiger partial charge is 0.126 e. The first kappa shape index (κ1) is 35.1. The molecule has 0 atom stereocenters. The summed E-state index contributed by atoms with van der Waals surface area (Å²) in [6.45, 7) is 10.2. The summed E-state index contributed by atoms with van der Waals surface area (Å²) in [6.07, 6.45) is 10.5. The lowest BCUT2D eigenvalue weighted by Gasteiger charge is -2.21. The summed E-state index contributed by atoms with van der Waals surface area (Å²) >= 11 is 0. The summed E-state index contributed by atoms with van der Waals surface area (Å²) in [7, 11) is 2.18. The fourth-order valence-electron chi connectivity index (χ4n) is 6.36. The molecule has 0 radical (unpaired) electrons. The fourth-order valence-corrected chi connectivity index (χ4v) is 6.36. The number of aromatic nitrogens is 2. The van der Waals surface area contributed by atoms with Crippen LogP contribution in [0.15, 0.2) is 54.6 Å². The van der Waals surface area contributed by atoms with Crippen molar-refractivity contribution < 1.29 is 5.11 Å². The third-order valence-corrected chi connectivity index (χ3v) is 9.17. The second-order valence-corrected chi connectivity index (χ2v) is 13.0. The summed E-state index contributed by atoms with van der Waals surface area (Å²) in [5, 5.41) is 10.2. The molecule has 2 aromatic heterocycles. The van der Waals surface area contributed by atoms with E-state index in [1.165, 1.54) is 59.1 Å². The number of rotatable bonds is 17. The number of aliphatic hydroxyl groups is 1. The Morgan fingerprint density at radius 3 is 1.70 bits per heavy atom. The summed E-state index contributed by atoms with van der Waals surface area (Å²) in [4.78, 5) is 11.8. The molecule has 0 aliphatic carbocycles. The number of benzene rings is 2. The van der Waals surface area contributed by atoms with Crippen LogP contribution in [0, 0.1) is 13.8 Å². The maximum atomic E-state index is 10.2. The van der Waals surface area contributed by atoms with Gasteiger partial charge in [0.05, 0.1) is 6.61 Å². The van der Waals surface area contributed by atoms with Crippen LogP contribution in [-0.2, 0) is 45.4 Å². The average molecular weight is 622 g/mol. The normalized spacial score (nSPS) is 11.5. The van der Waals surface area contributed by atoms with E-state index in [4.69, 9.17) is 16.5 Å². The monoisotopic (exact) mass is 621 g/mol. The molecule has 4 aromatic rings. The van der Waals surface area contributed by atoms with Gasteiger partial charge in [-0.05, 0) is 109 Å². The highest BCUT2D eigenvalue weighted by Gasteiger charge is 2.14. The van der Waals surface area contributed by atoms with Crippen molar-refractivity contribution in [1.29, 1.82) is 0 Å². The molecule has 2 heterocycles. The first-order valence-electron chi connectivity index (χ1n) is 17.2. The third kappa shape index (κ3) is 9.63. The van der Waals surface area contributed by atoms with Gasteiger partial charge in [0, 0.05) is 24.5 Å². The molecule has 0 fully saturated rings. The Kier molecular flexibility index (Phi) is 13.2. The summed E-state index contributed by atoms with van der Waals surface area (Å²) < 4.78 is 0. The lowest BCUT2D eigenvalue weighted by atomic mass is 9.95. The van der Waals surface area contributed by atoms with Gasteiger partial charge in [-0.2, -0.15) is 0 Å². The topological polar surface area (TPSA) is 101 Å². The van der Waals surface area contributed by atoms with E-state index < -0.39 is 0 Å². The number of nitrogen functional groups attached to an aromatic ring is 2. The van der Waals surface area contributed by atoms with Crippen molar-refractivity contribution in [3.63, 3.8) is 0 Å². The van der Waals surface area contributed by atoms with Crippen LogP contribution in [0.4, 0.5) is 11.6 Å². The number of nitrogens with zero attached hydrogens (tertiary/aromatic N) is 3. The quantitative estimate of drug-likeness (QED) is 0.103. The van der Waals surface area contributed by atoms with Crippen molar-refractivity contribution in [2.45, 2.75) is 112 Å².